The van der Waals surface area contributed by atoms with Crippen molar-refractivity contribution in [3.63, 3.8) is 0 Å². The first kappa shape index (κ1) is 22.7. The SMILES string of the molecule is C[C@@H]1CN2c3c(cc4c(N5C(=O)OCC5(C)C)noc4c3F)CC3(C(=O)NC(=O)NC3=O)[C@H]2[C@H](C)O1. The van der Waals surface area contributed by atoms with Crippen LogP contribution in [0.5, 0.6) is 0 Å². The zero-order valence-electron chi connectivity index (χ0n) is 20.0. The first-order valence-electron chi connectivity index (χ1n) is 11.6. The van der Waals surface area contributed by atoms with Gasteiger partial charge in [-0.05, 0) is 39.3 Å². The van der Waals surface area contributed by atoms with Crippen molar-refractivity contribution in [1.29, 1.82) is 0 Å². The summed E-state index contributed by atoms with van der Waals surface area (Å²) in [5.41, 5.74) is -2.17. The summed E-state index contributed by atoms with van der Waals surface area (Å²) >= 11 is 0. The van der Waals surface area contributed by atoms with Crippen LogP contribution in [-0.2, 0) is 25.5 Å². The maximum atomic E-state index is 16.2. The van der Waals surface area contributed by atoms with Crippen LogP contribution in [0.25, 0.3) is 11.0 Å². The number of nitrogens with one attached hydrogen (secondary N) is 2. The van der Waals surface area contributed by atoms with Crippen LogP contribution in [0.3, 0.4) is 0 Å². The third kappa shape index (κ3) is 2.80. The molecule has 1 spiro atoms. The Bertz CT molecular complexity index is 1350. The van der Waals surface area contributed by atoms with Crippen molar-refractivity contribution >= 4 is 46.4 Å². The highest BCUT2D eigenvalue weighted by Gasteiger charge is 2.63. The van der Waals surface area contributed by atoms with Gasteiger partial charge >= 0.3 is 12.1 Å². The predicted molar refractivity (Wildman–Crippen MR) is 121 cm³/mol. The van der Waals surface area contributed by atoms with Gasteiger partial charge in [-0.25, -0.2) is 18.9 Å². The van der Waals surface area contributed by atoms with Crippen molar-refractivity contribution in [2.45, 2.75) is 57.9 Å². The number of barbiturate groups is 1. The number of carbonyl (C=O) groups is 4. The number of morpholine rings is 1. The third-order valence-electron chi connectivity index (χ3n) is 7.49. The van der Waals surface area contributed by atoms with Crippen LogP contribution in [0, 0.1) is 11.2 Å². The number of benzene rings is 1. The highest BCUT2D eigenvalue weighted by Crippen LogP contribution is 2.50. The molecule has 0 aliphatic carbocycles. The minimum atomic E-state index is -1.76. The summed E-state index contributed by atoms with van der Waals surface area (Å²) in [5, 5.41) is 8.60. The number of hydrogen-bond donors (Lipinski definition) is 2. The molecule has 3 fully saturated rings. The molecule has 12 nitrogen and oxygen atoms in total. The van der Waals surface area contributed by atoms with Gasteiger partial charge in [0.05, 0.1) is 34.9 Å². The van der Waals surface area contributed by atoms with Gasteiger partial charge in [-0.3, -0.25) is 20.2 Å². The van der Waals surface area contributed by atoms with E-state index in [-0.39, 0.29) is 48.2 Å². The number of fused-ring (bicyclic) bond motifs is 5. The standard InChI is InChI=1S/C23H24FN5O7/c1-9-7-28-14-11(6-23(16(28)10(2)35-9)18(30)25-20(32)26-19(23)31)5-12-15(13(14)24)36-27-17(12)29-21(33)34-8-22(29,3)4/h5,9-10,16H,6-8H2,1-4H3,(H2,25,26,30,31,32)/t9-,10+,16-/m1/s1. The Balaban J connectivity index is 1.59. The Morgan fingerprint density at radius 1 is 1.14 bits per heavy atom. The maximum Gasteiger partial charge on any atom is 0.416 e. The zero-order chi connectivity index (χ0) is 25.7. The normalized spacial score (nSPS) is 28.6. The Hall–Kier alpha value is -3.74. The summed E-state index contributed by atoms with van der Waals surface area (Å²) < 4.78 is 32.7. The summed E-state index contributed by atoms with van der Waals surface area (Å²) in [7, 11) is 0. The van der Waals surface area contributed by atoms with Crippen molar-refractivity contribution in [2.75, 3.05) is 23.0 Å². The van der Waals surface area contributed by atoms with Gasteiger partial charge in [0.1, 0.15) is 6.61 Å². The van der Waals surface area contributed by atoms with E-state index in [1.807, 2.05) is 6.92 Å². The van der Waals surface area contributed by atoms with E-state index in [9.17, 15) is 19.2 Å². The lowest BCUT2D eigenvalue weighted by molar-refractivity contribution is -0.153. The van der Waals surface area contributed by atoms with Crippen LogP contribution in [-0.4, -0.2) is 66.0 Å². The molecular formula is C23H24FN5O7. The molecule has 2 aromatic rings. The number of urea groups is 1. The summed E-state index contributed by atoms with van der Waals surface area (Å²) in [5.74, 6) is -2.21. The number of halogens is 1. The van der Waals surface area contributed by atoms with Crippen molar-refractivity contribution < 1.29 is 37.6 Å². The Labute approximate surface area is 204 Å². The van der Waals surface area contributed by atoms with Crippen molar-refractivity contribution in [3.8, 4) is 0 Å². The van der Waals surface area contributed by atoms with Crippen molar-refractivity contribution in [2.24, 2.45) is 5.41 Å². The van der Waals surface area contributed by atoms with Gasteiger partial charge in [0.15, 0.2) is 17.1 Å². The average Bonchev–Trinajstić information content (AvgIpc) is 3.30. The second-order valence-corrected chi connectivity index (χ2v) is 10.4. The van der Waals surface area contributed by atoms with Gasteiger partial charge in [-0.15, -0.1) is 0 Å². The summed E-state index contributed by atoms with van der Waals surface area (Å²) in [6.45, 7) is 7.36. The van der Waals surface area contributed by atoms with Crippen LogP contribution >= 0.6 is 0 Å². The molecule has 5 heterocycles. The number of amides is 5. The molecule has 0 unspecified atom stereocenters. The van der Waals surface area contributed by atoms with Gasteiger partial charge in [0.25, 0.3) is 0 Å². The molecule has 13 heteroatoms. The first-order chi connectivity index (χ1) is 17.0. The van der Waals surface area contributed by atoms with Gasteiger partial charge < -0.3 is 18.9 Å². The monoisotopic (exact) mass is 501 g/mol. The van der Waals surface area contributed by atoms with Gasteiger partial charge in [0, 0.05) is 13.0 Å². The smallest absolute Gasteiger partial charge is 0.416 e. The molecule has 2 N–H and O–H groups in total. The fraction of sp³-hybridized carbons (Fsp3) is 0.522. The first-order valence-corrected chi connectivity index (χ1v) is 11.6. The average molecular weight is 501 g/mol. The molecule has 3 atom stereocenters. The molecule has 3 saturated heterocycles. The topological polar surface area (TPSA) is 143 Å². The molecule has 0 saturated carbocycles. The van der Waals surface area contributed by atoms with E-state index in [0.717, 1.165) is 0 Å². The van der Waals surface area contributed by atoms with E-state index in [2.05, 4.69) is 15.8 Å². The van der Waals surface area contributed by atoms with Crippen LogP contribution in [0.2, 0.25) is 0 Å². The molecule has 1 aromatic carbocycles. The van der Waals surface area contributed by atoms with E-state index >= 15 is 4.39 Å². The molecule has 0 radical (unpaired) electrons. The molecule has 1 aromatic heterocycles. The lowest BCUT2D eigenvalue weighted by Crippen LogP contribution is -2.75. The highest BCUT2D eigenvalue weighted by atomic mass is 19.1. The van der Waals surface area contributed by atoms with Crippen LogP contribution in [0.15, 0.2) is 10.6 Å². The van der Waals surface area contributed by atoms with E-state index in [1.54, 1.807) is 31.7 Å². The van der Waals surface area contributed by atoms with Gasteiger partial charge in [0.2, 0.25) is 17.4 Å². The molecule has 0 bridgehead atoms. The highest BCUT2D eigenvalue weighted by molar-refractivity contribution is 6.20. The molecular weight excluding hydrogens is 477 g/mol. The Morgan fingerprint density at radius 2 is 1.83 bits per heavy atom. The predicted octanol–water partition coefficient (Wildman–Crippen LogP) is 1.59. The number of nitrogens with zero attached hydrogens (tertiary/aromatic N) is 3. The minimum absolute atomic E-state index is 0.0758. The fourth-order valence-corrected chi connectivity index (χ4v) is 6.09. The van der Waals surface area contributed by atoms with E-state index in [4.69, 9.17) is 14.0 Å². The summed E-state index contributed by atoms with van der Waals surface area (Å²) in [6, 6.07) is -0.222. The summed E-state index contributed by atoms with van der Waals surface area (Å²) in [4.78, 5) is 54.0. The number of rotatable bonds is 1. The number of hydrogen-bond acceptors (Lipinski definition) is 9. The second-order valence-electron chi connectivity index (χ2n) is 10.4. The third-order valence-corrected chi connectivity index (χ3v) is 7.49. The number of aromatic nitrogens is 1. The van der Waals surface area contributed by atoms with E-state index < -0.39 is 52.9 Å². The lowest BCUT2D eigenvalue weighted by Gasteiger charge is -2.55. The van der Waals surface area contributed by atoms with Crippen molar-refractivity contribution in [3.05, 3.63) is 17.4 Å². The number of imide groups is 2. The van der Waals surface area contributed by atoms with Crippen molar-refractivity contribution in [1.82, 2.24) is 15.8 Å². The van der Waals surface area contributed by atoms with Crippen LogP contribution in [0.4, 0.5) is 25.5 Å². The number of anilines is 2. The zero-order valence-corrected chi connectivity index (χ0v) is 20.0. The summed E-state index contributed by atoms with van der Waals surface area (Å²) in [6.07, 6.45) is -1.84. The quantitative estimate of drug-likeness (QED) is 0.557. The Morgan fingerprint density at radius 3 is 2.47 bits per heavy atom. The molecule has 36 heavy (non-hydrogen) atoms. The molecule has 6 rings (SSSR count). The lowest BCUT2D eigenvalue weighted by atomic mass is 9.66. The van der Waals surface area contributed by atoms with Crippen LogP contribution < -0.4 is 20.4 Å². The van der Waals surface area contributed by atoms with Gasteiger partial charge in [-0.2, -0.15) is 0 Å². The van der Waals surface area contributed by atoms with Crippen LogP contribution in [0.1, 0.15) is 33.3 Å². The van der Waals surface area contributed by atoms with E-state index in [0.29, 0.717) is 5.56 Å². The molecule has 5 amide bonds. The van der Waals surface area contributed by atoms with E-state index in [1.165, 1.54) is 4.90 Å². The molecule has 190 valence electrons. The fourth-order valence-electron chi connectivity index (χ4n) is 6.09. The minimum Gasteiger partial charge on any atom is -0.447 e. The molecule has 4 aliphatic heterocycles. The van der Waals surface area contributed by atoms with Gasteiger partial charge in [-0.1, -0.05) is 5.16 Å². The largest absolute Gasteiger partial charge is 0.447 e. The number of cyclic esters (lactones) is 1. The molecule has 4 aliphatic rings. The number of carbonyl (C=O) groups excluding carboxylic acids is 4. The second kappa shape index (κ2) is 7.15. The Kier molecular flexibility index (Phi) is 4.51. The number of ether oxygens (including phenoxy) is 2. The maximum absolute atomic E-state index is 16.2.